The fourth-order valence-corrected chi connectivity index (χ4v) is 2.44. The van der Waals surface area contributed by atoms with Crippen molar-refractivity contribution < 1.29 is 4.92 Å². The third-order valence-corrected chi connectivity index (χ3v) is 4.13. The minimum Gasteiger partial charge on any atom is -0.258 e. The Morgan fingerprint density at radius 3 is 2.53 bits per heavy atom. The molecule has 0 saturated carbocycles. The molecule has 19 heavy (non-hydrogen) atoms. The molecule has 0 aromatic heterocycles. The van der Waals surface area contributed by atoms with E-state index < -0.39 is 0 Å². The highest BCUT2D eigenvalue weighted by molar-refractivity contribution is 6.30. The zero-order valence-electron chi connectivity index (χ0n) is 11.2. The maximum Gasteiger partial charge on any atom is 0.330 e. The van der Waals surface area contributed by atoms with Crippen molar-refractivity contribution >= 4 is 23.0 Å². The normalized spacial score (nSPS) is 22.2. The van der Waals surface area contributed by atoms with Crippen LogP contribution in [0.1, 0.15) is 11.1 Å². The van der Waals surface area contributed by atoms with E-state index in [1.54, 1.807) is 12.1 Å². The number of likely N-dealkylation sites (N-methyl/N-ethyl adjacent to an activating group) is 1. The van der Waals surface area contributed by atoms with E-state index in [1.165, 1.54) is 0 Å². The first-order valence-corrected chi connectivity index (χ1v) is 6.38. The van der Waals surface area contributed by atoms with Gasteiger partial charge in [-0.15, -0.1) is 0 Å². The molecule has 1 aliphatic rings. The molecule has 0 radical (unpaired) electrons. The summed E-state index contributed by atoms with van der Waals surface area (Å²) in [6.07, 6.45) is 5.62. The number of allylic oxidation sites excluding steroid dienone is 2. The molecule has 0 fully saturated rings. The fraction of sp³-hybridized carbons (Fsp3) is 0.286. The van der Waals surface area contributed by atoms with E-state index in [2.05, 4.69) is 0 Å². The number of nitro benzene ring substituents is 1. The number of nitrogens with zero attached hydrogens (tertiary/aromatic N) is 2. The minimum atomic E-state index is -0.340. The zero-order valence-corrected chi connectivity index (χ0v) is 11.9. The average Bonchev–Trinajstić information content (AvgIpc) is 2.35. The molecule has 1 atom stereocenters. The molecule has 0 spiro atoms. The number of aryl methyl sites for hydroxylation is 2. The van der Waals surface area contributed by atoms with E-state index in [-0.39, 0.29) is 15.1 Å². The Balaban J connectivity index is 2.68. The first-order valence-electron chi connectivity index (χ1n) is 6.01. The summed E-state index contributed by atoms with van der Waals surface area (Å²) in [5.74, 6) is 0. The van der Waals surface area contributed by atoms with Crippen LogP contribution in [0.15, 0.2) is 35.5 Å². The lowest BCUT2D eigenvalue weighted by molar-refractivity contribution is -0.384. The molecule has 0 amide bonds. The molecule has 5 heteroatoms. The van der Waals surface area contributed by atoms with E-state index in [0.29, 0.717) is 17.4 Å². The predicted molar refractivity (Wildman–Crippen MR) is 78.2 cm³/mol. The van der Waals surface area contributed by atoms with Crippen molar-refractivity contribution in [2.24, 2.45) is 0 Å². The van der Waals surface area contributed by atoms with Gasteiger partial charge in [0.05, 0.1) is 12.0 Å². The van der Waals surface area contributed by atoms with Crippen molar-refractivity contribution in [1.29, 1.82) is 0 Å². The van der Waals surface area contributed by atoms with Gasteiger partial charge >= 0.3 is 5.69 Å². The third kappa shape index (κ3) is 2.29. The standard InChI is InChI=1S/C14H16ClN2O2/c1-10-8-12(16(18)19)13(9-11(10)2)17(3)7-5-4-6-14(17)15/h4-6,8-9H,7H2,1-3H3/q+1. The molecule has 2 rings (SSSR count). The second-order valence-corrected chi connectivity index (χ2v) is 5.36. The molecule has 100 valence electrons. The van der Waals surface area contributed by atoms with Crippen molar-refractivity contribution in [3.63, 3.8) is 0 Å². The lowest BCUT2D eigenvalue weighted by Gasteiger charge is -2.32. The van der Waals surface area contributed by atoms with Gasteiger partial charge in [-0.1, -0.05) is 6.08 Å². The maximum atomic E-state index is 11.3. The monoisotopic (exact) mass is 279 g/mol. The fourth-order valence-electron chi connectivity index (χ4n) is 2.21. The van der Waals surface area contributed by atoms with Gasteiger partial charge in [0.25, 0.3) is 0 Å². The number of hydrogen-bond acceptors (Lipinski definition) is 2. The van der Waals surface area contributed by atoms with Crippen molar-refractivity contribution in [3.8, 4) is 0 Å². The molecular weight excluding hydrogens is 264 g/mol. The summed E-state index contributed by atoms with van der Waals surface area (Å²) in [5, 5.41) is 11.9. The van der Waals surface area contributed by atoms with Crippen LogP contribution in [0.5, 0.6) is 0 Å². The summed E-state index contributed by atoms with van der Waals surface area (Å²) >= 11 is 6.29. The number of rotatable bonds is 2. The Kier molecular flexibility index (Phi) is 3.47. The molecule has 0 N–H and O–H groups in total. The van der Waals surface area contributed by atoms with Crippen LogP contribution in [0.25, 0.3) is 0 Å². The third-order valence-electron chi connectivity index (χ3n) is 3.63. The van der Waals surface area contributed by atoms with Gasteiger partial charge in [-0.2, -0.15) is 0 Å². The van der Waals surface area contributed by atoms with Gasteiger partial charge in [-0.25, -0.2) is 4.48 Å². The Morgan fingerprint density at radius 2 is 1.95 bits per heavy atom. The molecule has 0 saturated heterocycles. The van der Waals surface area contributed by atoms with Crippen LogP contribution in [0.3, 0.4) is 0 Å². The molecule has 1 aromatic carbocycles. The first-order chi connectivity index (χ1) is 8.86. The average molecular weight is 280 g/mol. The topological polar surface area (TPSA) is 43.1 Å². The van der Waals surface area contributed by atoms with Crippen LogP contribution >= 0.6 is 11.6 Å². The first kappa shape index (κ1) is 13.8. The predicted octanol–water partition coefficient (Wildman–Crippen LogP) is 3.80. The van der Waals surface area contributed by atoms with Crippen molar-refractivity contribution in [2.45, 2.75) is 13.8 Å². The number of hydrogen-bond donors (Lipinski definition) is 0. The molecule has 1 aromatic rings. The van der Waals surface area contributed by atoms with Crippen LogP contribution in [0.2, 0.25) is 0 Å². The zero-order chi connectivity index (χ0) is 14.2. The number of halogens is 1. The summed E-state index contributed by atoms with van der Waals surface area (Å²) in [5.41, 5.74) is 2.68. The van der Waals surface area contributed by atoms with Gasteiger partial charge in [-0.3, -0.25) is 10.1 Å². The number of nitro groups is 1. The highest BCUT2D eigenvalue weighted by Gasteiger charge is 2.37. The second-order valence-electron chi connectivity index (χ2n) is 4.97. The van der Waals surface area contributed by atoms with E-state index in [1.807, 2.05) is 39.1 Å². The molecule has 0 bridgehead atoms. The van der Waals surface area contributed by atoms with Crippen LogP contribution in [-0.2, 0) is 0 Å². The molecule has 0 aliphatic carbocycles. The maximum absolute atomic E-state index is 11.3. The van der Waals surface area contributed by atoms with Crippen LogP contribution < -0.4 is 4.48 Å². The van der Waals surface area contributed by atoms with Gasteiger partial charge < -0.3 is 0 Å². The Hall–Kier alpha value is -1.65. The van der Waals surface area contributed by atoms with Gasteiger partial charge in [-0.05, 0) is 42.7 Å². The highest BCUT2D eigenvalue weighted by atomic mass is 35.5. The van der Waals surface area contributed by atoms with Gasteiger partial charge in [0.15, 0.2) is 0 Å². The summed E-state index contributed by atoms with van der Waals surface area (Å²) in [4.78, 5) is 11.0. The highest BCUT2D eigenvalue weighted by Crippen LogP contribution is 2.39. The summed E-state index contributed by atoms with van der Waals surface area (Å²) in [7, 11) is 1.89. The van der Waals surface area contributed by atoms with E-state index in [0.717, 1.165) is 11.1 Å². The van der Waals surface area contributed by atoms with E-state index >= 15 is 0 Å². The molecule has 1 aliphatic heterocycles. The largest absolute Gasteiger partial charge is 0.330 e. The summed E-state index contributed by atoms with van der Waals surface area (Å²) in [6.45, 7) is 4.43. The van der Waals surface area contributed by atoms with Crippen molar-refractivity contribution in [3.05, 3.63) is 56.8 Å². The molecule has 1 heterocycles. The molecular formula is C14H16ClN2O2+. The Labute approximate surface area is 117 Å². The number of benzene rings is 1. The smallest absolute Gasteiger partial charge is 0.258 e. The van der Waals surface area contributed by atoms with Crippen LogP contribution in [0, 0.1) is 24.0 Å². The van der Waals surface area contributed by atoms with Crippen molar-refractivity contribution in [1.82, 2.24) is 4.48 Å². The van der Waals surface area contributed by atoms with Crippen molar-refractivity contribution in [2.75, 3.05) is 13.6 Å². The van der Waals surface area contributed by atoms with E-state index in [4.69, 9.17) is 11.6 Å². The van der Waals surface area contributed by atoms with Gasteiger partial charge in [0.1, 0.15) is 6.54 Å². The van der Waals surface area contributed by atoms with Gasteiger partial charge in [0, 0.05) is 18.2 Å². The minimum absolute atomic E-state index is 0.118. The number of quaternary nitrogens is 1. The summed E-state index contributed by atoms with van der Waals surface area (Å²) in [6, 6.07) is 3.49. The Morgan fingerprint density at radius 1 is 1.32 bits per heavy atom. The molecule has 1 unspecified atom stereocenters. The lowest BCUT2D eigenvalue weighted by atomic mass is 10.1. The van der Waals surface area contributed by atoms with Gasteiger partial charge in [0.2, 0.25) is 10.8 Å². The lowest BCUT2D eigenvalue weighted by Crippen LogP contribution is -2.44. The van der Waals surface area contributed by atoms with Crippen LogP contribution in [-0.4, -0.2) is 18.5 Å². The van der Waals surface area contributed by atoms with Crippen LogP contribution in [0.4, 0.5) is 11.4 Å². The Bertz CT molecular complexity index is 608. The quantitative estimate of drug-likeness (QED) is 0.358. The SMILES string of the molecule is Cc1cc([N+](=O)[O-])c([N+]2(C)CC=CC=C2Cl)cc1C. The van der Waals surface area contributed by atoms with E-state index in [9.17, 15) is 10.1 Å². The molecule has 4 nitrogen and oxygen atoms in total. The summed E-state index contributed by atoms with van der Waals surface area (Å²) < 4.78 is 0.232. The second kappa shape index (κ2) is 4.79.